The molecule has 0 aliphatic carbocycles. The summed E-state index contributed by atoms with van der Waals surface area (Å²) in [5.41, 5.74) is 5.44. The fourth-order valence-electron chi connectivity index (χ4n) is 1.22. The Morgan fingerprint density at radius 3 is 2.67 bits per heavy atom. The number of hydrogen-bond donors (Lipinski definition) is 1. The molecular weight excluding hydrogens is 232 g/mol. The van der Waals surface area contributed by atoms with Crippen LogP contribution in [0.4, 0.5) is 0 Å². The van der Waals surface area contributed by atoms with Crippen LogP contribution in [0.15, 0.2) is 16.3 Å². The summed E-state index contributed by atoms with van der Waals surface area (Å²) in [6, 6.07) is 1.64. The van der Waals surface area contributed by atoms with E-state index in [4.69, 9.17) is 5.73 Å². The van der Waals surface area contributed by atoms with Gasteiger partial charge in [-0.15, -0.1) is 11.3 Å². The summed E-state index contributed by atoms with van der Waals surface area (Å²) in [6.07, 6.45) is 0.809. The molecule has 1 aromatic heterocycles. The van der Waals surface area contributed by atoms with Crippen LogP contribution in [0.3, 0.4) is 0 Å². The molecule has 86 valence electrons. The minimum Gasteiger partial charge on any atom is -0.326 e. The lowest BCUT2D eigenvalue weighted by molar-refractivity contribution is 0.468. The predicted octanol–water partition coefficient (Wildman–Crippen LogP) is 1.24. The van der Waals surface area contributed by atoms with Crippen molar-refractivity contribution in [1.82, 2.24) is 4.31 Å². The summed E-state index contributed by atoms with van der Waals surface area (Å²) in [7, 11) is -1.71. The first-order valence-corrected chi connectivity index (χ1v) is 7.08. The van der Waals surface area contributed by atoms with Crippen LogP contribution in [0.5, 0.6) is 0 Å². The Labute approximate surface area is 94.8 Å². The van der Waals surface area contributed by atoms with Crippen LogP contribution in [-0.2, 0) is 16.6 Å². The van der Waals surface area contributed by atoms with E-state index in [1.165, 1.54) is 15.6 Å². The van der Waals surface area contributed by atoms with Crippen molar-refractivity contribution >= 4 is 21.4 Å². The quantitative estimate of drug-likeness (QED) is 0.852. The minimum atomic E-state index is -3.30. The van der Waals surface area contributed by atoms with Crippen molar-refractivity contribution in [2.24, 2.45) is 5.73 Å². The molecule has 0 saturated carbocycles. The first-order valence-electron chi connectivity index (χ1n) is 4.76. The third-order valence-corrected chi connectivity index (χ3v) is 5.02. The molecular formula is C9H16N2O2S2. The zero-order valence-corrected chi connectivity index (χ0v) is 10.6. The van der Waals surface area contributed by atoms with Gasteiger partial charge in [-0.1, -0.05) is 6.92 Å². The van der Waals surface area contributed by atoms with Crippen molar-refractivity contribution < 1.29 is 8.42 Å². The molecule has 0 atom stereocenters. The molecule has 1 heterocycles. The van der Waals surface area contributed by atoms with Crippen molar-refractivity contribution in [3.05, 3.63) is 16.3 Å². The van der Waals surface area contributed by atoms with Gasteiger partial charge in [0, 0.05) is 30.4 Å². The molecule has 0 saturated heterocycles. The molecule has 0 amide bonds. The summed E-state index contributed by atoms with van der Waals surface area (Å²) in [6.45, 7) is 2.87. The van der Waals surface area contributed by atoms with Gasteiger partial charge in [0.05, 0.1) is 4.90 Å². The van der Waals surface area contributed by atoms with E-state index in [9.17, 15) is 8.42 Å². The Bertz CT molecular complexity index is 412. The highest BCUT2D eigenvalue weighted by atomic mass is 32.2. The average Bonchev–Trinajstić information content (AvgIpc) is 2.66. The molecule has 1 aromatic rings. The summed E-state index contributed by atoms with van der Waals surface area (Å²) in [4.78, 5) is 1.24. The number of sulfonamides is 1. The monoisotopic (exact) mass is 248 g/mol. The van der Waals surface area contributed by atoms with Gasteiger partial charge in [-0.25, -0.2) is 12.7 Å². The van der Waals surface area contributed by atoms with E-state index >= 15 is 0 Å². The van der Waals surface area contributed by atoms with E-state index in [1.54, 1.807) is 18.5 Å². The van der Waals surface area contributed by atoms with E-state index in [1.807, 2.05) is 6.92 Å². The zero-order chi connectivity index (χ0) is 11.5. The molecule has 15 heavy (non-hydrogen) atoms. The smallest absolute Gasteiger partial charge is 0.243 e. The van der Waals surface area contributed by atoms with Gasteiger partial charge in [0.2, 0.25) is 10.0 Å². The first-order chi connectivity index (χ1) is 7.02. The summed E-state index contributed by atoms with van der Waals surface area (Å²) < 4.78 is 25.3. The topological polar surface area (TPSA) is 63.4 Å². The fourth-order valence-corrected chi connectivity index (χ4v) is 3.62. The third kappa shape index (κ3) is 2.78. The molecule has 0 spiro atoms. The van der Waals surface area contributed by atoms with Crippen molar-refractivity contribution in [2.75, 3.05) is 13.6 Å². The molecule has 0 aliphatic rings. The van der Waals surface area contributed by atoms with Gasteiger partial charge < -0.3 is 5.73 Å². The maximum Gasteiger partial charge on any atom is 0.243 e. The maximum atomic E-state index is 11.9. The lowest BCUT2D eigenvalue weighted by Crippen LogP contribution is -2.27. The van der Waals surface area contributed by atoms with Crippen LogP contribution in [0.25, 0.3) is 0 Å². The second-order valence-corrected chi connectivity index (χ2v) is 6.32. The average molecular weight is 248 g/mol. The standard InChI is InChI=1S/C9H16N2O2S2/c1-3-4-11(2)15(12,13)9-5-8(6-10)14-7-9/h5,7H,3-4,6,10H2,1-2H3. The SMILES string of the molecule is CCCN(C)S(=O)(=O)c1csc(CN)c1. The summed E-state index contributed by atoms with van der Waals surface area (Å²) in [5.74, 6) is 0. The molecule has 0 radical (unpaired) electrons. The Morgan fingerprint density at radius 1 is 1.53 bits per heavy atom. The molecule has 0 fully saturated rings. The van der Waals surface area contributed by atoms with Crippen molar-refractivity contribution in [3.63, 3.8) is 0 Å². The first kappa shape index (κ1) is 12.6. The van der Waals surface area contributed by atoms with Gasteiger partial charge in [-0.05, 0) is 12.5 Å². The third-order valence-electron chi connectivity index (χ3n) is 2.08. The van der Waals surface area contributed by atoms with Crippen molar-refractivity contribution in [3.8, 4) is 0 Å². The largest absolute Gasteiger partial charge is 0.326 e. The van der Waals surface area contributed by atoms with Gasteiger partial charge in [-0.3, -0.25) is 0 Å². The highest BCUT2D eigenvalue weighted by Gasteiger charge is 2.20. The van der Waals surface area contributed by atoms with Crippen LogP contribution >= 0.6 is 11.3 Å². The summed E-state index contributed by atoms with van der Waals surface area (Å²) >= 11 is 1.38. The maximum absolute atomic E-state index is 11.9. The van der Waals surface area contributed by atoms with Gasteiger partial charge in [0.1, 0.15) is 0 Å². The van der Waals surface area contributed by atoms with Crippen LogP contribution in [0, 0.1) is 0 Å². The molecule has 1 rings (SSSR count). The van der Waals surface area contributed by atoms with Gasteiger partial charge in [0.15, 0.2) is 0 Å². The van der Waals surface area contributed by atoms with E-state index in [-0.39, 0.29) is 0 Å². The lowest BCUT2D eigenvalue weighted by atomic mass is 10.5. The van der Waals surface area contributed by atoms with Gasteiger partial charge >= 0.3 is 0 Å². The van der Waals surface area contributed by atoms with Gasteiger partial charge in [-0.2, -0.15) is 0 Å². The normalized spacial score (nSPS) is 12.3. The lowest BCUT2D eigenvalue weighted by Gasteiger charge is -2.14. The minimum absolute atomic E-state index is 0.351. The Morgan fingerprint density at radius 2 is 2.20 bits per heavy atom. The fraction of sp³-hybridized carbons (Fsp3) is 0.556. The molecule has 0 unspecified atom stereocenters. The number of nitrogens with zero attached hydrogens (tertiary/aromatic N) is 1. The van der Waals surface area contributed by atoms with Crippen molar-refractivity contribution in [1.29, 1.82) is 0 Å². The number of thiophene rings is 1. The molecule has 0 bridgehead atoms. The number of nitrogens with two attached hydrogens (primary N) is 1. The predicted molar refractivity (Wildman–Crippen MR) is 62.3 cm³/mol. The van der Waals surface area contributed by atoms with E-state index in [2.05, 4.69) is 0 Å². The van der Waals surface area contributed by atoms with Crippen LogP contribution in [0.2, 0.25) is 0 Å². The number of hydrogen-bond acceptors (Lipinski definition) is 4. The van der Waals surface area contributed by atoms with Crippen LogP contribution in [0.1, 0.15) is 18.2 Å². The van der Waals surface area contributed by atoms with Crippen LogP contribution < -0.4 is 5.73 Å². The van der Waals surface area contributed by atoms with Crippen LogP contribution in [-0.4, -0.2) is 26.3 Å². The summed E-state index contributed by atoms with van der Waals surface area (Å²) in [5, 5.41) is 1.64. The molecule has 6 heteroatoms. The zero-order valence-electron chi connectivity index (χ0n) is 8.93. The molecule has 0 aliphatic heterocycles. The van der Waals surface area contributed by atoms with Gasteiger partial charge in [0.25, 0.3) is 0 Å². The highest BCUT2D eigenvalue weighted by molar-refractivity contribution is 7.89. The number of rotatable bonds is 5. The van der Waals surface area contributed by atoms with Crippen molar-refractivity contribution in [2.45, 2.75) is 24.8 Å². The van der Waals surface area contributed by atoms with E-state index in [0.717, 1.165) is 11.3 Å². The molecule has 0 aromatic carbocycles. The Hall–Kier alpha value is -0.430. The van der Waals surface area contributed by atoms with E-state index < -0.39 is 10.0 Å². The van der Waals surface area contributed by atoms with E-state index in [0.29, 0.717) is 18.0 Å². The molecule has 2 N–H and O–H groups in total. The Kier molecular flexibility index (Phi) is 4.27. The second-order valence-electron chi connectivity index (χ2n) is 3.28. The highest BCUT2D eigenvalue weighted by Crippen LogP contribution is 2.21. The Balaban J connectivity index is 2.95. The molecule has 4 nitrogen and oxygen atoms in total. The second kappa shape index (κ2) is 5.07.